The molecule has 0 aliphatic carbocycles. The zero-order valence-corrected chi connectivity index (χ0v) is 8.11. The molecule has 1 atom stereocenters. The van der Waals surface area contributed by atoms with Crippen molar-refractivity contribution in [1.82, 2.24) is 0 Å². The lowest BCUT2D eigenvalue weighted by atomic mass is 10.2. The van der Waals surface area contributed by atoms with Crippen LogP contribution in [0.15, 0.2) is 24.3 Å². The Kier molecular flexibility index (Phi) is 2.89. The summed E-state index contributed by atoms with van der Waals surface area (Å²) in [5, 5.41) is 0. The Hall–Kier alpha value is -1.22. The average molecular weight is 193 g/mol. The molecule has 0 unspecified atom stereocenters. The van der Waals surface area contributed by atoms with Crippen molar-refractivity contribution in [1.29, 1.82) is 0 Å². The van der Waals surface area contributed by atoms with Gasteiger partial charge in [-0.3, -0.25) is 0 Å². The van der Waals surface area contributed by atoms with Gasteiger partial charge in [-0.05, 0) is 37.1 Å². The third-order valence-electron chi connectivity index (χ3n) is 2.34. The molecule has 1 heterocycles. The van der Waals surface area contributed by atoms with Crippen LogP contribution in [0.25, 0.3) is 0 Å². The predicted octanol–water partition coefficient (Wildman–Crippen LogP) is 1.83. The molecule has 3 heteroatoms. The zero-order valence-electron chi connectivity index (χ0n) is 8.11. The van der Waals surface area contributed by atoms with E-state index in [1.807, 2.05) is 24.3 Å². The highest BCUT2D eigenvalue weighted by molar-refractivity contribution is 5.41. The Morgan fingerprint density at radius 2 is 2.14 bits per heavy atom. The van der Waals surface area contributed by atoms with Crippen LogP contribution < -0.4 is 10.5 Å². The van der Waals surface area contributed by atoms with E-state index >= 15 is 0 Å². The molecule has 1 fully saturated rings. The summed E-state index contributed by atoms with van der Waals surface area (Å²) >= 11 is 0. The number of benzene rings is 1. The van der Waals surface area contributed by atoms with Crippen molar-refractivity contribution < 1.29 is 9.47 Å². The number of ether oxygens (including phenoxy) is 2. The van der Waals surface area contributed by atoms with Crippen LogP contribution in [0.2, 0.25) is 0 Å². The number of nitrogen functional groups attached to an aromatic ring is 1. The first-order valence-electron chi connectivity index (χ1n) is 4.94. The maximum atomic E-state index is 5.56. The zero-order chi connectivity index (χ0) is 9.80. The van der Waals surface area contributed by atoms with Gasteiger partial charge in [0.05, 0.1) is 6.10 Å². The molecule has 2 rings (SSSR count). The molecule has 0 radical (unpaired) electrons. The van der Waals surface area contributed by atoms with E-state index in [2.05, 4.69) is 0 Å². The van der Waals surface area contributed by atoms with Crippen LogP contribution >= 0.6 is 0 Å². The summed E-state index contributed by atoms with van der Waals surface area (Å²) in [5.41, 5.74) is 6.32. The number of hydrogen-bond donors (Lipinski definition) is 1. The molecule has 76 valence electrons. The molecule has 0 saturated carbocycles. The van der Waals surface area contributed by atoms with Crippen molar-refractivity contribution in [3.8, 4) is 5.75 Å². The maximum Gasteiger partial charge on any atom is 0.119 e. The third-order valence-corrected chi connectivity index (χ3v) is 2.34. The van der Waals surface area contributed by atoms with E-state index in [1.165, 1.54) is 0 Å². The van der Waals surface area contributed by atoms with Crippen LogP contribution in [0.3, 0.4) is 0 Å². The Labute approximate surface area is 83.8 Å². The fourth-order valence-electron chi connectivity index (χ4n) is 1.53. The van der Waals surface area contributed by atoms with Crippen molar-refractivity contribution in [2.45, 2.75) is 18.9 Å². The summed E-state index contributed by atoms with van der Waals surface area (Å²) in [6.45, 7) is 1.51. The highest BCUT2D eigenvalue weighted by atomic mass is 16.5. The van der Waals surface area contributed by atoms with Gasteiger partial charge in [0.2, 0.25) is 0 Å². The Morgan fingerprint density at radius 1 is 1.36 bits per heavy atom. The Morgan fingerprint density at radius 3 is 2.79 bits per heavy atom. The van der Waals surface area contributed by atoms with Gasteiger partial charge in [0.1, 0.15) is 12.4 Å². The molecule has 1 aliphatic rings. The van der Waals surface area contributed by atoms with E-state index < -0.39 is 0 Å². The van der Waals surface area contributed by atoms with Crippen molar-refractivity contribution in [2.24, 2.45) is 0 Å². The second-order valence-corrected chi connectivity index (χ2v) is 3.52. The highest BCUT2D eigenvalue weighted by Gasteiger charge is 2.15. The van der Waals surface area contributed by atoms with E-state index in [0.29, 0.717) is 6.61 Å². The third kappa shape index (κ3) is 2.39. The lowest BCUT2D eigenvalue weighted by Crippen LogP contribution is -2.16. The molecule has 3 nitrogen and oxygen atoms in total. The van der Waals surface area contributed by atoms with Crippen LogP contribution in [0.5, 0.6) is 5.75 Å². The number of nitrogens with two attached hydrogens (primary N) is 1. The minimum Gasteiger partial charge on any atom is -0.491 e. The minimum absolute atomic E-state index is 0.271. The summed E-state index contributed by atoms with van der Waals surface area (Å²) in [4.78, 5) is 0. The topological polar surface area (TPSA) is 44.5 Å². The van der Waals surface area contributed by atoms with Crippen LogP contribution in [-0.2, 0) is 4.74 Å². The fraction of sp³-hybridized carbons (Fsp3) is 0.455. The lowest BCUT2D eigenvalue weighted by molar-refractivity contribution is 0.0679. The molecule has 1 aromatic carbocycles. The number of hydrogen-bond acceptors (Lipinski definition) is 3. The average Bonchev–Trinajstić information content (AvgIpc) is 2.70. The second-order valence-electron chi connectivity index (χ2n) is 3.52. The quantitative estimate of drug-likeness (QED) is 0.745. The van der Waals surface area contributed by atoms with Crippen molar-refractivity contribution in [2.75, 3.05) is 18.9 Å². The molecule has 1 aromatic rings. The first-order valence-corrected chi connectivity index (χ1v) is 4.94. The molecule has 1 aliphatic heterocycles. The highest BCUT2D eigenvalue weighted by Crippen LogP contribution is 2.16. The maximum absolute atomic E-state index is 5.56. The van der Waals surface area contributed by atoms with Crippen molar-refractivity contribution in [3.05, 3.63) is 24.3 Å². The normalized spacial score (nSPS) is 21.0. The molecule has 1 saturated heterocycles. The standard InChI is InChI=1S/C11H15NO2/c12-9-3-5-10(6-4-9)14-8-11-2-1-7-13-11/h3-6,11H,1-2,7-8,12H2/t11-/m1/s1. The van der Waals surface area contributed by atoms with E-state index in [1.54, 1.807) is 0 Å². The molecule has 2 N–H and O–H groups in total. The van der Waals surface area contributed by atoms with Crippen molar-refractivity contribution in [3.63, 3.8) is 0 Å². The molecule has 0 bridgehead atoms. The van der Waals surface area contributed by atoms with Gasteiger partial charge in [0, 0.05) is 12.3 Å². The van der Waals surface area contributed by atoms with Gasteiger partial charge in [0.25, 0.3) is 0 Å². The lowest BCUT2D eigenvalue weighted by Gasteiger charge is -2.11. The summed E-state index contributed by atoms with van der Waals surface area (Å²) in [6.07, 6.45) is 2.53. The van der Waals surface area contributed by atoms with E-state index in [9.17, 15) is 0 Å². The van der Waals surface area contributed by atoms with E-state index in [0.717, 1.165) is 30.9 Å². The second kappa shape index (κ2) is 4.33. The summed E-state index contributed by atoms with van der Waals surface area (Å²) in [5.74, 6) is 0.856. The fourth-order valence-corrected chi connectivity index (χ4v) is 1.53. The molecular formula is C11H15NO2. The van der Waals surface area contributed by atoms with Gasteiger partial charge in [0.15, 0.2) is 0 Å². The van der Waals surface area contributed by atoms with Crippen LogP contribution in [0, 0.1) is 0 Å². The molecule has 14 heavy (non-hydrogen) atoms. The number of anilines is 1. The Bertz CT molecular complexity index is 278. The molecule has 0 spiro atoms. The van der Waals surface area contributed by atoms with E-state index in [-0.39, 0.29) is 6.10 Å². The van der Waals surface area contributed by atoms with Gasteiger partial charge >= 0.3 is 0 Å². The minimum atomic E-state index is 0.271. The monoisotopic (exact) mass is 193 g/mol. The van der Waals surface area contributed by atoms with Crippen LogP contribution in [0.1, 0.15) is 12.8 Å². The molecule has 0 aromatic heterocycles. The SMILES string of the molecule is Nc1ccc(OC[C@H]2CCCO2)cc1. The summed E-state index contributed by atoms with van der Waals surface area (Å²) in [7, 11) is 0. The van der Waals surface area contributed by atoms with Gasteiger partial charge < -0.3 is 15.2 Å². The largest absolute Gasteiger partial charge is 0.491 e. The summed E-state index contributed by atoms with van der Waals surface area (Å²) < 4.78 is 11.0. The van der Waals surface area contributed by atoms with Gasteiger partial charge in [-0.15, -0.1) is 0 Å². The van der Waals surface area contributed by atoms with Gasteiger partial charge in [-0.1, -0.05) is 0 Å². The van der Waals surface area contributed by atoms with E-state index in [4.69, 9.17) is 15.2 Å². The van der Waals surface area contributed by atoms with Crippen LogP contribution in [0.4, 0.5) is 5.69 Å². The first kappa shape index (κ1) is 9.34. The summed E-state index contributed by atoms with van der Waals surface area (Å²) in [6, 6.07) is 7.43. The van der Waals surface area contributed by atoms with Crippen LogP contribution in [-0.4, -0.2) is 19.3 Å². The van der Waals surface area contributed by atoms with Crippen molar-refractivity contribution >= 4 is 5.69 Å². The molecule has 0 amide bonds. The smallest absolute Gasteiger partial charge is 0.119 e. The van der Waals surface area contributed by atoms with Gasteiger partial charge in [-0.25, -0.2) is 0 Å². The first-order chi connectivity index (χ1) is 6.84. The van der Waals surface area contributed by atoms with Gasteiger partial charge in [-0.2, -0.15) is 0 Å². The Balaban J connectivity index is 1.82. The predicted molar refractivity (Wildman–Crippen MR) is 55.3 cm³/mol. The number of rotatable bonds is 3. The molecular weight excluding hydrogens is 178 g/mol.